The summed E-state index contributed by atoms with van der Waals surface area (Å²) in [5.74, 6) is 2.84. The summed E-state index contributed by atoms with van der Waals surface area (Å²) in [5.41, 5.74) is 7.58. The third-order valence-electron chi connectivity index (χ3n) is 3.52. The second-order valence-corrected chi connectivity index (χ2v) is 6.33. The van der Waals surface area contributed by atoms with Crippen LogP contribution in [-0.2, 0) is 12.5 Å². The minimum absolute atomic E-state index is 0.173. The fraction of sp³-hybridized carbons (Fsp3) is 0.533. The van der Waals surface area contributed by atoms with E-state index < -0.39 is 12.1 Å². The molecule has 0 fully saturated rings. The quantitative estimate of drug-likeness (QED) is 0.839. The monoisotopic (exact) mass is 287 g/mol. The molecule has 1 aliphatic heterocycles. The topological polar surface area (TPSA) is 76.5 Å². The van der Waals surface area contributed by atoms with E-state index in [4.69, 9.17) is 12.2 Å². The number of urea groups is 1. The van der Waals surface area contributed by atoms with Crippen LogP contribution in [0.5, 0.6) is 0 Å². The molecule has 2 amide bonds. The maximum atomic E-state index is 12.1. The van der Waals surface area contributed by atoms with Crippen molar-refractivity contribution in [2.24, 2.45) is 17.8 Å². The number of nitrogens with two attached hydrogens (primary N) is 1. The van der Waals surface area contributed by atoms with Crippen LogP contribution in [-0.4, -0.2) is 32.6 Å². The van der Waals surface area contributed by atoms with Crippen molar-refractivity contribution in [1.29, 1.82) is 0 Å². The maximum absolute atomic E-state index is 12.1. The minimum atomic E-state index is -0.452. The van der Waals surface area contributed by atoms with Crippen LogP contribution in [0.4, 0.5) is 4.79 Å². The SMILES string of the molecule is C#CC(C)N1C(=O)N=C(N)C1c1cn(C)nc1C(C)(C)C. The summed E-state index contributed by atoms with van der Waals surface area (Å²) in [5, 5.41) is 4.52. The van der Waals surface area contributed by atoms with E-state index in [-0.39, 0.29) is 17.3 Å². The van der Waals surface area contributed by atoms with Gasteiger partial charge in [-0.1, -0.05) is 26.7 Å². The van der Waals surface area contributed by atoms with Gasteiger partial charge in [0.05, 0.1) is 11.7 Å². The van der Waals surface area contributed by atoms with Crippen LogP contribution in [0, 0.1) is 12.3 Å². The smallest absolute Gasteiger partial charge is 0.347 e. The van der Waals surface area contributed by atoms with E-state index in [1.54, 1.807) is 11.6 Å². The Kier molecular flexibility index (Phi) is 3.54. The van der Waals surface area contributed by atoms with Crippen LogP contribution < -0.4 is 5.73 Å². The Morgan fingerprint density at radius 1 is 1.48 bits per heavy atom. The number of amides is 2. The predicted octanol–water partition coefficient (Wildman–Crippen LogP) is 1.57. The van der Waals surface area contributed by atoms with E-state index in [1.165, 1.54) is 4.90 Å². The van der Waals surface area contributed by atoms with Crippen LogP contribution in [0.1, 0.15) is 45.0 Å². The highest BCUT2D eigenvalue weighted by Gasteiger charge is 2.40. The molecule has 2 N–H and O–H groups in total. The lowest BCUT2D eigenvalue weighted by Gasteiger charge is -2.29. The molecule has 21 heavy (non-hydrogen) atoms. The minimum Gasteiger partial charge on any atom is -0.385 e. The zero-order valence-electron chi connectivity index (χ0n) is 13.1. The number of aryl methyl sites for hydroxylation is 1. The summed E-state index contributed by atoms with van der Waals surface area (Å²) in [6.45, 7) is 7.99. The molecule has 2 rings (SSSR count). The Balaban J connectivity index is 2.57. The Labute approximate surface area is 125 Å². The van der Waals surface area contributed by atoms with Crippen molar-refractivity contribution < 1.29 is 4.79 Å². The van der Waals surface area contributed by atoms with E-state index in [0.29, 0.717) is 0 Å². The van der Waals surface area contributed by atoms with Crippen molar-refractivity contribution in [2.45, 2.75) is 45.2 Å². The van der Waals surface area contributed by atoms with Crippen LogP contribution >= 0.6 is 0 Å². The molecular weight excluding hydrogens is 266 g/mol. The molecule has 2 heterocycles. The molecule has 1 aromatic rings. The van der Waals surface area contributed by atoms with Gasteiger partial charge in [-0.3, -0.25) is 9.58 Å². The first-order valence-corrected chi connectivity index (χ1v) is 6.83. The van der Waals surface area contributed by atoms with E-state index >= 15 is 0 Å². The molecule has 1 aliphatic rings. The fourth-order valence-corrected chi connectivity index (χ4v) is 2.55. The third-order valence-corrected chi connectivity index (χ3v) is 3.52. The molecule has 0 aliphatic carbocycles. The highest BCUT2D eigenvalue weighted by molar-refractivity contribution is 6.03. The van der Waals surface area contributed by atoms with Crippen LogP contribution in [0.25, 0.3) is 0 Å². The van der Waals surface area contributed by atoms with Gasteiger partial charge in [-0.25, -0.2) is 4.79 Å². The molecule has 6 heteroatoms. The van der Waals surface area contributed by atoms with Gasteiger partial charge in [0.15, 0.2) is 0 Å². The Morgan fingerprint density at radius 3 is 2.62 bits per heavy atom. The largest absolute Gasteiger partial charge is 0.385 e. The van der Waals surface area contributed by atoms with Gasteiger partial charge in [-0.2, -0.15) is 10.1 Å². The molecule has 0 saturated carbocycles. The molecule has 112 valence electrons. The summed E-state index contributed by atoms with van der Waals surface area (Å²) in [6.07, 6.45) is 7.35. The van der Waals surface area contributed by atoms with Crippen molar-refractivity contribution in [1.82, 2.24) is 14.7 Å². The lowest BCUT2D eigenvalue weighted by Crippen LogP contribution is -2.39. The molecule has 2 unspecified atom stereocenters. The first-order chi connectivity index (χ1) is 9.66. The van der Waals surface area contributed by atoms with Crippen molar-refractivity contribution in [2.75, 3.05) is 0 Å². The third kappa shape index (κ3) is 2.51. The van der Waals surface area contributed by atoms with Gasteiger partial charge in [-0.05, 0) is 6.92 Å². The first-order valence-electron chi connectivity index (χ1n) is 6.83. The van der Waals surface area contributed by atoms with Gasteiger partial charge in [-0.15, -0.1) is 6.42 Å². The molecule has 6 nitrogen and oxygen atoms in total. The number of aromatic nitrogens is 2. The van der Waals surface area contributed by atoms with E-state index in [1.807, 2.05) is 13.2 Å². The van der Waals surface area contributed by atoms with Gasteiger partial charge in [0.25, 0.3) is 0 Å². The summed E-state index contributed by atoms with van der Waals surface area (Å²) in [6, 6.07) is -1.24. The summed E-state index contributed by atoms with van der Waals surface area (Å²) >= 11 is 0. The Morgan fingerprint density at radius 2 is 2.10 bits per heavy atom. The fourth-order valence-electron chi connectivity index (χ4n) is 2.55. The summed E-state index contributed by atoms with van der Waals surface area (Å²) < 4.78 is 1.73. The van der Waals surface area contributed by atoms with E-state index in [9.17, 15) is 4.79 Å². The maximum Gasteiger partial charge on any atom is 0.347 e. The van der Waals surface area contributed by atoms with E-state index in [0.717, 1.165) is 11.3 Å². The first kappa shape index (κ1) is 15.1. The standard InChI is InChI=1S/C15H21N5O/c1-7-9(2)20-11(13(16)17-14(20)21)10-8-19(6)18-12(10)15(3,4)5/h1,8-9,11H,2-6H3,(H2,16,17,21). The number of carbonyl (C=O) groups is 1. The number of hydrogen-bond acceptors (Lipinski definition) is 3. The van der Waals surface area contributed by atoms with Crippen molar-refractivity contribution in [3.05, 3.63) is 17.5 Å². The Bertz CT molecular complexity index is 644. The number of amidine groups is 1. The molecule has 2 atom stereocenters. The zero-order valence-corrected chi connectivity index (χ0v) is 13.1. The number of aliphatic imine (C=N–C) groups is 1. The number of carbonyl (C=O) groups excluding carboxylic acids is 1. The molecule has 1 aromatic heterocycles. The van der Waals surface area contributed by atoms with Crippen molar-refractivity contribution in [3.63, 3.8) is 0 Å². The highest BCUT2D eigenvalue weighted by Crippen LogP contribution is 2.35. The van der Waals surface area contributed by atoms with Crippen LogP contribution in [0.15, 0.2) is 11.2 Å². The van der Waals surface area contributed by atoms with Gasteiger partial charge < -0.3 is 5.73 Å². The molecule has 0 bridgehead atoms. The zero-order chi connectivity index (χ0) is 15.9. The summed E-state index contributed by atoms with van der Waals surface area (Å²) in [7, 11) is 1.85. The molecule has 0 saturated heterocycles. The molecule has 0 radical (unpaired) electrons. The van der Waals surface area contributed by atoms with Crippen molar-refractivity contribution >= 4 is 11.9 Å². The normalized spacial score (nSPS) is 20.4. The highest BCUT2D eigenvalue weighted by atomic mass is 16.2. The number of terminal acetylenes is 1. The van der Waals surface area contributed by atoms with Crippen LogP contribution in [0.3, 0.4) is 0 Å². The Hall–Kier alpha value is -2.29. The lowest BCUT2D eigenvalue weighted by atomic mass is 9.87. The number of hydrogen-bond donors (Lipinski definition) is 1. The van der Waals surface area contributed by atoms with Crippen LogP contribution in [0.2, 0.25) is 0 Å². The van der Waals surface area contributed by atoms with Gasteiger partial charge >= 0.3 is 6.03 Å². The van der Waals surface area contributed by atoms with Gasteiger partial charge in [0.2, 0.25) is 0 Å². The lowest BCUT2D eigenvalue weighted by molar-refractivity contribution is 0.198. The number of rotatable bonds is 2. The molecule has 0 aromatic carbocycles. The van der Waals surface area contributed by atoms with E-state index in [2.05, 4.69) is 36.8 Å². The average molecular weight is 287 g/mol. The average Bonchev–Trinajstić information content (AvgIpc) is 2.88. The second-order valence-electron chi connectivity index (χ2n) is 6.33. The second kappa shape index (κ2) is 4.92. The van der Waals surface area contributed by atoms with Gasteiger partial charge in [0.1, 0.15) is 11.9 Å². The van der Waals surface area contributed by atoms with Gasteiger partial charge in [0, 0.05) is 24.2 Å². The molecule has 0 spiro atoms. The predicted molar refractivity (Wildman–Crippen MR) is 81.8 cm³/mol. The number of nitrogens with zero attached hydrogens (tertiary/aromatic N) is 4. The summed E-state index contributed by atoms with van der Waals surface area (Å²) in [4.78, 5) is 17.5. The van der Waals surface area contributed by atoms with Crippen molar-refractivity contribution in [3.8, 4) is 12.3 Å². The molecular formula is C15H21N5O.